The Bertz CT molecular complexity index is 358. The Morgan fingerprint density at radius 2 is 1.56 bits per heavy atom. The van der Waals surface area contributed by atoms with Crippen molar-refractivity contribution in [3.63, 3.8) is 0 Å². The summed E-state index contributed by atoms with van der Waals surface area (Å²) in [6.45, 7) is 7.87. The van der Waals surface area contributed by atoms with Crippen LogP contribution in [-0.2, 0) is 0 Å². The Morgan fingerprint density at radius 1 is 0.938 bits per heavy atom. The summed E-state index contributed by atoms with van der Waals surface area (Å²) in [6, 6.07) is 3.45. The smallest absolute Gasteiger partial charge is 0.175 e. The lowest BCUT2D eigenvalue weighted by Crippen LogP contribution is -2.03. The van der Waals surface area contributed by atoms with Gasteiger partial charge in [-0.1, -0.05) is 33.8 Å². The fourth-order valence-corrected chi connectivity index (χ4v) is 1.78. The third kappa shape index (κ3) is 2.28. The highest BCUT2D eigenvalue weighted by atomic mass is 17.1. The molecule has 4 heteroatoms. The summed E-state index contributed by atoms with van der Waals surface area (Å²) in [4.78, 5) is 8.74. The van der Waals surface area contributed by atoms with E-state index in [0.717, 1.165) is 5.56 Å². The summed E-state index contributed by atoms with van der Waals surface area (Å²) in [7, 11) is 0. The molecule has 0 radical (unpaired) electrons. The third-order valence-corrected chi connectivity index (χ3v) is 2.58. The Morgan fingerprint density at radius 3 is 1.94 bits per heavy atom. The minimum absolute atomic E-state index is 0.0722. The first-order valence-electron chi connectivity index (χ1n) is 5.32. The monoisotopic (exact) mass is 226 g/mol. The van der Waals surface area contributed by atoms with Crippen molar-refractivity contribution in [2.45, 2.75) is 39.5 Å². The standard InChI is InChI=1S/C12H18O4/c1-7(2)9-5-6-10(15-13)11(8(3)4)12(9)16-14/h5-8,13-14H,1-4H3. The summed E-state index contributed by atoms with van der Waals surface area (Å²) < 4.78 is 0. The van der Waals surface area contributed by atoms with Gasteiger partial charge in [0.1, 0.15) is 0 Å². The van der Waals surface area contributed by atoms with Gasteiger partial charge in [-0.3, -0.25) is 0 Å². The van der Waals surface area contributed by atoms with Crippen LogP contribution >= 0.6 is 0 Å². The van der Waals surface area contributed by atoms with Gasteiger partial charge in [0, 0.05) is 11.1 Å². The van der Waals surface area contributed by atoms with Gasteiger partial charge in [0.2, 0.25) is 0 Å². The molecule has 0 spiro atoms. The number of hydrogen-bond donors (Lipinski definition) is 2. The van der Waals surface area contributed by atoms with E-state index in [1.807, 2.05) is 27.7 Å². The average Bonchev–Trinajstić information content (AvgIpc) is 2.26. The first-order valence-corrected chi connectivity index (χ1v) is 5.32. The second kappa shape index (κ2) is 5.18. The average molecular weight is 226 g/mol. The molecule has 0 heterocycles. The Hall–Kier alpha value is -1.26. The van der Waals surface area contributed by atoms with E-state index >= 15 is 0 Å². The van der Waals surface area contributed by atoms with E-state index in [0.29, 0.717) is 17.1 Å². The Labute approximate surface area is 95.3 Å². The quantitative estimate of drug-likeness (QED) is 0.608. The van der Waals surface area contributed by atoms with Gasteiger partial charge in [0.15, 0.2) is 11.5 Å². The van der Waals surface area contributed by atoms with Crippen molar-refractivity contribution in [1.82, 2.24) is 0 Å². The van der Waals surface area contributed by atoms with Crippen LogP contribution in [0.1, 0.15) is 50.7 Å². The van der Waals surface area contributed by atoms with E-state index in [2.05, 4.69) is 9.78 Å². The maximum absolute atomic E-state index is 8.98. The highest BCUT2D eigenvalue weighted by Gasteiger charge is 2.20. The van der Waals surface area contributed by atoms with Gasteiger partial charge in [0.05, 0.1) is 0 Å². The summed E-state index contributed by atoms with van der Waals surface area (Å²) in [6.07, 6.45) is 0. The van der Waals surface area contributed by atoms with Crippen LogP contribution in [0.25, 0.3) is 0 Å². The van der Waals surface area contributed by atoms with Crippen LogP contribution in [0.5, 0.6) is 11.5 Å². The lowest BCUT2D eigenvalue weighted by atomic mass is 9.93. The molecule has 0 aliphatic rings. The molecule has 2 N–H and O–H groups in total. The number of rotatable bonds is 4. The normalized spacial score (nSPS) is 11.0. The van der Waals surface area contributed by atoms with E-state index in [9.17, 15) is 0 Å². The molecular weight excluding hydrogens is 208 g/mol. The SMILES string of the molecule is CC(C)c1ccc(OO)c(C(C)C)c1OO. The van der Waals surface area contributed by atoms with Crippen molar-refractivity contribution in [3.8, 4) is 11.5 Å². The van der Waals surface area contributed by atoms with Crippen molar-refractivity contribution in [1.29, 1.82) is 0 Å². The first-order chi connectivity index (χ1) is 7.52. The highest BCUT2D eigenvalue weighted by molar-refractivity contribution is 5.52. The Balaban J connectivity index is 3.43. The first kappa shape index (κ1) is 12.8. The zero-order chi connectivity index (χ0) is 12.3. The largest absolute Gasteiger partial charge is 0.340 e. The molecule has 0 bridgehead atoms. The predicted molar refractivity (Wildman–Crippen MR) is 61.1 cm³/mol. The molecule has 0 aliphatic carbocycles. The zero-order valence-electron chi connectivity index (χ0n) is 10.0. The topological polar surface area (TPSA) is 58.9 Å². The number of hydrogen-bond acceptors (Lipinski definition) is 4. The van der Waals surface area contributed by atoms with Gasteiger partial charge in [-0.15, -0.1) is 0 Å². The molecule has 4 nitrogen and oxygen atoms in total. The molecule has 90 valence electrons. The van der Waals surface area contributed by atoms with Crippen molar-refractivity contribution in [3.05, 3.63) is 23.3 Å². The molecule has 1 rings (SSSR count). The fourth-order valence-electron chi connectivity index (χ4n) is 1.78. The van der Waals surface area contributed by atoms with Crippen LogP contribution in [0.4, 0.5) is 0 Å². The predicted octanol–water partition coefficient (Wildman–Crippen LogP) is 3.64. The van der Waals surface area contributed by atoms with Crippen LogP contribution in [0.15, 0.2) is 12.1 Å². The van der Waals surface area contributed by atoms with Crippen molar-refractivity contribution >= 4 is 0 Å². The molecule has 0 saturated carbocycles. The number of benzene rings is 1. The molecule has 0 fully saturated rings. The van der Waals surface area contributed by atoms with Crippen molar-refractivity contribution in [2.75, 3.05) is 0 Å². The summed E-state index contributed by atoms with van der Waals surface area (Å²) in [5.74, 6) is 0.968. The molecule has 1 aromatic carbocycles. The van der Waals surface area contributed by atoms with Gasteiger partial charge in [-0.05, 0) is 17.9 Å². The molecule has 0 aliphatic heterocycles. The molecule has 1 aromatic rings. The van der Waals surface area contributed by atoms with E-state index in [4.69, 9.17) is 10.5 Å². The van der Waals surface area contributed by atoms with E-state index in [1.54, 1.807) is 12.1 Å². The van der Waals surface area contributed by atoms with Gasteiger partial charge in [-0.25, -0.2) is 10.5 Å². The van der Waals surface area contributed by atoms with Crippen LogP contribution in [0, 0.1) is 0 Å². The molecule has 16 heavy (non-hydrogen) atoms. The minimum Gasteiger partial charge on any atom is -0.340 e. The fraction of sp³-hybridized carbons (Fsp3) is 0.500. The van der Waals surface area contributed by atoms with Crippen molar-refractivity contribution < 1.29 is 20.3 Å². The lowest BCUT2D eigenvalue weighted by Gasteiger charge is -2.18. The van der Waals surface area contributed by atoms with Crippen molar-refractivity contribution in [2.24, 2.45) is 0 Å². The second-order valence-corrected chi connectivity index (χ2v) is 4.39. The van der Waals surface area contributed by atoms with Gasteiger partial charge in [0.25, 0.3) is 0 Å². The minimum atomic E-state index is 0.0722. The van der Waals surface area contributed by atoms with Crippen LogP contribution in [-0.4, -0.2) is 10.5 Å². The van der Waals surface area contributed by atoms with E-state index in [1.165, 1.54) is 0 Å². The highest BCUT2D eigenvalue weighted by Crippen LogP contribution is 2.40. The zero-order valence-corrected chi connectivity index (χ0v) is 10.0. The summed E-state index contributed by atoms with van der Waals surface area (Å²) in [5, 5.41) is 17.8. The van der Waals surface area contributed by atoms with Crippen LogP contribution < -0.4 is 9.78 Å². The maximum atomic E-state index is 8.98. The Kier molecular flexibility index (Phi) is 4.15. The van der Waals surface area contributed by atoms with Crippen LogP contribution in [0.2, 0.25) is 0 Å². The van der Waals surface area contributed by atoms with Gasteiger partial charge >= 0.3 is 0 Å². The third-order valence-electron chi connectivity index (χ3n) is 2.58. The second-order valence-electron chi connectivity index (χ2n) is 4.39. The molecule has 0 saturated heterocycles. The molecule has 0 unspecified atom stereocenters. The molecule has 0 aromatic heterocycles. The summed E-state index contributed by atoms with van der Waals surface area (Å²) in [5.41, 5.74) is 1.54. The van der Waals surface area contributed by atoms with Gasteiger partial charge in [-0.2, -0.15) is 0 Å². The van der Waals surface area contributed by atoms with Crippen LogP contribution in [0.3, 0.4) is 0 Å². The van der Waals surface area contributed by atoms with E-state index in [-0.39, 0.29) is 11.8 Å². The molecule has 0 atom stereocenters. The van der Waals surface area contributed by atoms with E-state index < -0.39 is 0 Å². The maximum Gasteiger partial charge on any atom is 0.175 e. The lowest BCUT2D eigenvalue weighted by molar-refractivity contribution is -0.147. The summed E-state index contributed by atoms with van der Waals surface area (Å²) >= 11 is 0. The molecular formula is C12H18O4. The van der Waals surface area contributed by atoms with Gasteiger partial charge < -0.3 is 9.78 Å². The molecule has 0 amide bonds.